The van der Waals surface area contributed by atoms with Gasteiger partial charge in [0.25, 0.3) is 0 Å². The van der Waals surface area contributed by atoms with E-state index in [4.69, 9.17) is 0 Å². The highest BCUT2D eigenvalue weighted by atomic mass is 32.1. The predicted octanol–water partition coefficient (Wildman–Crippen LogP) is 3.31. The molecule has 118 valence electrons. The number of hydrogen-bond acceptors (Lipinski definition) is 1. The summed E-state index contributed by atoms with van der Waals surface area (Å²) in [6, 6.07) is 17.9. The fourth-order valence-electron chi connectivity index (χ4n) is 3.02. The summed E-state index contributed by atoms with van der Waals surface area (Å²) >= 11 is 5.61. The van der Waals surface area contributed by atoms with Gasteiger partial charge in [-0.05, 0) is 58.6 Å². The minimum atomic E-state index is 0.565. The molecule has 0 spiro atoms. The second kappa shape index (κ2) is 7.10. The van der Waals surface area contributed by atoms with Gasteiger partial charge in [0.05, 0.1) is 4.88 Å². The van der Waals surface area contributed by atoms with Crippen molar-refractivity contribution in [3.8, 4) is 9.75 Å². The third kappa shape index (κ3) is 3.24. The molecule has 0 aromatic carbocycles. The summed E-state index contributed by atoms with van der Waals surface area (Å²) in [4.78, 5) is 12.6. The first-order valence-corrected chi connectivity index (χ1v) is 12.2. The molecule has 2 atom stereocenters. The molecule has 2 unspecified atom stereocenters. The van der Waals surface area contributed by atoms with Gasteiger partial charge in [0.2, 0.25) is 32.6 Å². The topological polar surface area (TPSA) is 31.6 Å². The van der Waals surface area contributed by atoms with E-state index in [1.54, 1.807) is 0 Å². The number of aromatic nitrogens is 2. The van der Waals surface area contributed by atoms with Crippen LogP contribution < -0.4 is 0 Å². The van der Waals surface area contributed by atoms with Crippen LogP contribution in [-0.4, -0.2) is 42.5 Å². The average molecular weight is 381 g/mol. The first-order valence-electron chi connectivity index (χ1n) is 8.22. The minimum Gasteiger partial charge on any atom is -0.366 e. The normalized spacial score (nSPS) is 13.8. The van der Waals surface area contributed by atoms with E-state index in [1.165, 1.54) is 42.2 Å². The lowest BCUT2D eigenvalue weighted by molar-refractivity contribution is 1.09. The average Bonchev–Trinajstić information content (AvgIpc) is 3.42. The predicted molar refractivity (Wildman–Crippen MR) is 111 cm³/mol. The number of hydrogen-bond donors (Lipinski definition) is 2. The van der Waals surface area contributed by atoms with Crippen molar-refractivity contribution in [1.29, 1.82) is 0 Å². The SMILES string of the molecule is [AlH2][CH](c1ccc[nH]1)c1ccc(-c2ccc([CH]([AlH2])c3ccc[nH]3)[sH+]2)s1. The summed E-state index contributed by atoms with van der Waals surface area (Å²) in [5, 5.41) is 0. The lowest BCUT2D eigenvalue weighted by Crippen LogP contribution is -1.97. The lowest BCUT2D eigenvalue weighted by atomic mass is 10.2. The molecule has 0 aliphatic carbocycles. The Morgan fingerprint density at radius 2 is 1.54 bits per heavy atom. The quantitative estimate of drug-likeness (QED) is 0.393. The van der Waals surface area contributed by atoms with Gasteiger partial charge in [-0.3, -0.25) is 0 Å². The van der Waals surface area contributed by atoms with Crippen LogP contribution in [-0.2, 0) is 0 Å². The van der Waals surface area contributed by atoms with Gasteiger partial charge in [0, 0.05) is 39.5 Å². The van der Waals surface area contributed by atoms with Crippen molar-refractivity contribution in [2.75, 3.05) is 0 Å². The number of H-pyrrole nitrogens is 2. The van der Waals surface area contributed by atoms with Gasteiger partial charge in [-0.2, -0.15) is 0 Å². The molecule has 0 saturated carbocycles. The zero-order valence-corrected chi connectivity index (χ0v) is 19.5. The molecule has 0 fully saturated rings. The molecule has 0 saturated heterocycles. The molecule has 2 N–H and O–H groups in total. The Labute approximate surface area is 165 Å². The van der Waals surface area contributed by atoms with Crippen LogP contribution in [0.15, 0.2) is 60.9 Å². The van der Waals surface area contributed by atoms with Crippen LogP contribution in [0.4, 0.5) is 0 Å². The summed E-state index contributed by atoms with van der Waals surface area (Å²) < 4.78 is 1.15. The van der Waals surface area contributed by atoms with Crippen molar-refractivity contribution in [3.05, 3.63) is 82.1 Å². The van der Waals surface area contributed by atoms with E-state index >= 15 is 0 Å². The molecule has 0 radical (unpaired) electrons. The fraction of sp³-hybridized carbons (Fsp3) is 0.111. The fourth-order valence-corrected chi connectivity index (χ4v) is 7.23. The van der Waals surface area contributed by atoms with Gasteiger partial charge in [-0.25, -0.2) is 0 Å². The van der Waals surface area contributed by atoms with Gasteiger partial charge < -0.3 is 9.97 Å². The van der Waals surface area contributed by atoms with Crippen molar-refractivity contribution < 1.29 is 0 Å². The molecule has 0 aliphatic rings. The Kier molecular flexibility index (Phi) is 4.88. The molecule has 4 rings (SSSR count). The number of thiophene rings is 2. The Morgan fingerprint density at radius 1 is 0.833 bits per heavy atom. The van der Waals surface area contributed by atoms with Crippen LogP contribution in [0.25, 0.3) is 9.75 Å². The van der Waals surface area contributed by atoms with E-state index in [0.29, 0.717) is 9.56 Å². The van der Waals surface area contributed by atoms with Crippen LogP contribution >= 0.6 is 22.7 Å². The molecule has 2 nitrogen and oxygen atoms in total. The Hall–Kier alpha value is -0.975. The van der Waals surface area contributed by atoms with Crippen LogP contribution in [0.2, 0.25) is 0 Å². The highest BCUT2D eigenvalue weighted by Gasteiger charge is 2.20. The summed E-state index contributed by atoms with van der Waals surface area (Å²) in [7, 11) is 0. The third-order valence-corrected chi connectivity index (χ3v) is 10.9. The number of aromatic amines is 2. The molecule has 6 heteroatoms. The van der Waals surface area contributed by atoms with Gasteiger partial charge >= 0.3 is 0 Å². The highest BCUT2D eigenvalue weighted by molar-refractivity contribution is 7.22. The summed E-state index contributed by atoms with van der Waals surface area (Å²) in [5.41, 5.74) is 2.70. The molecular weight excluding hydrogens is 362 g/mol. The summed E-state index contributed by atoms with van der Waals surface area (Å²) in [6.07, 6.45) is 4.05. The van der Waals surface area contributed by atoms with E-state index < -0.39 is 0 Å². The molecule has 4 aromatic rings. The second-order valence-corrected chi connectivity index (χ2v) is 10.8. The third-order valence-electron chi connectivity index (χ3n) is 4.59. The zero-order valence-electron chi connectivity index (χ0n) is 13.8. The van der Waals surface area contributed by atoms with Crippen molar-refractivity contribution in [1.82, 2.24) is 9.97 Å². The molecule has 4 heterocycles. The van der Waals surface area contributed by atoms with E-state index in [9.17, 15) is 0 Å². The van der Waals surface area contributed by atoms with E-state index in [-0.39, 0.29) is 0 Å². The van der Waals surface area contributed by atoms with Gasteiger partial charge in [-0.1, -0.05) is 0 Å². The smallest absolute Gasteiger partial charge is 0.241 e. The maximum atomic E-state index is 3.37. The van der Waals surface area contributed by atoms with Crippen LogP contribution in [0, 0.1) is 0 Å². The molecule has 0 aliphatic heterocycles. The van der Waals surface area contributed by atoms with Crippen LogP contribution in [0.1, 0.15) is 30.7 Å². The second-order valence-electron chi connectivity index (χ2n) is 6.15. The monoisotopic (exact) mass is 381 g/mol. The highest BCUT2D eigenvalue weighted by Crippen LogP contribution is 2.38. The molecule has 24 heavy (non-hydrogen) atoms. The zero-order chi connectivity index (χ0) is 16.5. The molecule has 4 aromatic heterocycles. The summed E-state index contributed by atoms with van der Waals surface area (Å²) in [5.74, 6) is 0. The van der Waals surface area contributed by atoms with Crippen LogP contribution in [0.5, 0.6) is 0 Å². The van der Waals surface area contributed by atoms with Crippen LogP contribution in [0.3, 0.4) is 0 Å². The molecule has 0 amide bonds. The number of rotatable bonds is 5. The first-order chi connectivity index (χ1) is 11.7. The van der Waals surface area contributed by atoms with Gasteiger partial charge in [0.1, 0.15) is 4.88 Å². The summed E-state index contributed by atoms with van der Waals surface area (Å²) in [6.45, 7) is 0. The van der Waals surface area contributed by atoms with Crippen molar-refractivity contribution in [2.24, 2.45) is 0 Å². The van der Waals surface area contributed by atoms with Crippen molar-refractivity contribution in [2.45, 2.75) is 9.56 Å². The Bertz CT molecular complexity index is 830. The van der Waals surface area contributed by atoms with E-state index in [1.807, 2.05) is 23.7 Å². The van der Waals surface area contributed by atoms with Crippen molar-refractivity contribution >= 4 is 55.3 Å². The minimum absolute atomic E-state index is 0.565. The van der Waals surface area contributed by atoms with Gasteiger partial charge in [0.15, 0.2) is 4.88 Å². The van der Waals surface area contributed by atoms with E-state index in [2.05, 4.69) is 58.5 Å². The maximum absolute atomic E-state index is 3.37. The first kappa shape index (κ1) is 16.5. The largest absolute Gasteiger partial charge is 0.366 e. The molecular formula is C18H19Al2N2S2+. The van der Waals surface area contributed by atoms with E-state index in [0.717, 1.165) is 32.6 Å². The number of nitrogens with one attached hydrogen (secondary N) is 2. The van der Waals surface area contributed by atoms with Crippen molar-refractivity contribution in [3.63, 3.8) is 0 Å². The Balaban J connectivity index is 1.57. The molecule has 0 bridgehead atoms. The standard InChI is InChI=1S/C18H14N2S2.2Al.4H/c1-3-13(19-9-1)11-15-5-7-17(21-15)18-8-6-16(22-18)12-14-4-2-10-20-14;;;;;;/h1-12,19-20H;;;;;;/p+1. The maximum Gasteiger partial charge on any atom is 0.241 e. The Morgan fingerprint density at radius 3 is 2.21 bits per heavy atom. The van der Waals surface area contributed by atoms with Gasteiger partial charge in [-0.15, -0.1) is 11.3 Å². The lowest BCUT2D eigenvalue weighted by Gasteiger charge is -2.06.